The monoisotopic (exact) mass is 644 g/mol. The SMILES string of the molecule is CC.CCCc1cc(-c2cc(CN3CCCC3)ccn2)cc(OC)c1OC.CNCc1ccnc(-c2cc(OC)c(O)c(OC)c2)c1. The Hall–Kier alpha value is -4.34. The van der Waals surface area contributed by atoms with Gasteiger partial charge < -0.3 is 29.4 Å². The fourth-order valence-electron chi connectivity index (χ4n) is 5.56. The lowest BCUT2D eigenvalue weighted by molar-refractivity contribution is 0.331. The van der Waals surface area contributed by atoms with Gasteiger partial charge in [0.1, 0.15) is 0 Å². The normalized spacial score (nSPS) is 12.3. The van der Waals surface area contributed by atoms with Gasteiger partial charge in [0.25, 0.3) is 0 Å². The summed E-state index contributed by atoms with van der Waals surface area (Å²) in [6.45, 7) is 10.4. The fourth-order valence-corrected chi connectivity index (χ4v) is 5.56. The smallest absolute Gasteiger partial charge is 0.200 e. The average molecular weight is 645 g/mol. The number of aromatic nitrogens is 2. The highest BCUT2D eigenvalue weighted by molar-refractivity contribution is 5.69. The summed E-state index contributed by atoms with van der Waals surface area (Å²) >= 11 is 0. The molecule has 4 aromatic rings. The van der Waals surface area contributed by atoms with Gasteiger partial charge in [-0.3, -0.25) is 14.9 Å². The number of pyridine rings is 2. The van der Waals surface area contributed by atoms with Crippen molar-refractivity contribution in [3.8, 4) is 51.3 Å². The summed E-state index contributed by atoms with van der Waals surface area (Å²) in [5.41, 5.74) is 7.33. The van der Waals surface area contributed by atoms with E-state index in [0.29, 0.717) is 11.5 Å². The number of aromatic hydroxyl groups is 1. The second-order valence-electron chi connectivity index (χ2n) is 11.0. The molecule has 0 atom stereocenters. The van der Waals surface area contributed by atoms with Gasteiger partial charge in [-0.2, -0.15) is 0 Å². The number of phenolic OH excluding ortho intramolecular Hbond substituents is 1. The second-order valence-corrected chi connectivity index (χ2v) is 11.0. The summed E-state index contributed by atoms with van der Waals surface area (Å²) in [5, 5.41) is 13.0. The number of nitrogens with zero attached hydrogens (tertiary/aromatic N) is 3. The van der Waals surface area contributed by atoms with E-state index >= 15 is 0 Å². The number of rotatable bonds is 12. The number of ether oxygens (including phenoxy) is 4. The standard InChI is InChI=1S/C21H28N2O2.C15H18N2O3.C2H6/c1-4-7-17-13-18(14-20(24-2)21(17)25-3)19-12-16(8-9-22-19)15-23-10-5-6-11-23;1-16-9-10-4-5-17-12(6-10)11-7-13(19-2)15(18)14(8-11)20-3;1-2/h8-9,12-14H,4-7,10-11,15H2,1-3H3;4-8,16,18H,9H2,1-3H3;1-2H3. The minimum Gasteiger partial charge on any atom is -0.502 e. The third kappa shape index (κ3) is 10.1. The maximum atomic E-state index is 9.92. The molecule has 0 aliphatic carbocycles. The number of nitrogens with one attached hydrogen (secondary N) is 1. The molecule has 1 saturated heterocycles. The Bertz CT molecular complexity index is 1510. The van der Waals surface area contributed by atoms with Crippen molar-refractivity contribution in [3.05, 3.63) is 77.6 Å². The zero-order chi connectivity index (χ0) is 34.2. The lowest BCUT2D eigenvalue weighted by atomic mass is 10.0. The molecule has 9 heteroatoms. The van der Waals surface area contributed by atoms with Crippen molar-refractivity contribution >= 4 is 0 Å². The third-order valence-corrected chi connectivity index (χ3v) is 7.78. The van der Waals surface area contributed by atoms with Crippen molar-refractivity contribution in [2.45, 2.75) is 59.5 Å². The molecule has 2 aromatic heterocycles. The lowest BCUT2D eigenvalue weighted by Gasteiger charge is -2.16. The first-order valence-corrected chi connectivity index (χ1v) is 16.4. The van der Waals surface area contributed by atoms with Crippen molar-refractivity contribution in [1.82, 2.24) is 20.2 Å². The summed E-state index contributed by atoms with van der Waals surface area (Å²) in [5.74, 6) is 2.32. The van der Waals surface area contributed by atoms with E-state index in [-0.39, 0.29) is 5.75 Å². The second kappa shape index (κ2) is 19.4. The van der Waals surface area contributed by atoms with E-state index in [1.54, 1.807) is 32.5 Å². The number of phenols is 1. The fraction of sp³-hybridized carbons (Fsp3) is 0.421. The number of methoxy groups -OCH3 is 4. The molecule has 9 nitrogen and oxygen atoms in total. The topological polar surface area (TPSA) is 98.2 Å². The third-order valence-electron chi connectivity index (χ3n) is 7.78. The highest BCUT2D eigenvalue weighted by atomic mass is 16.5. The van der Waals surface area contributed by atoms with Gasteiger partial charge in [-0.05, 0) is 105 Å². The first kappa shape index (κ1) is 37.1. The molecule has 1 aliphatic heterocycles. The minimum absolute atomic E-state index is 0.00914. The van der Waals surface area contributed by atoms with Crippen LogP contribution in [0, 0.1) is 0 Å². The Labute approximate surface area is 280 Å². The largest absolute Gasteiger partial charge is 0.502 e. The van der Waals surface area contributed by atoms with Crippen molar-refractivity contribution < 1.29 is 24.1 Å². The molecule has 47 heavy (non-hydrogen) atoms. The molecule has 3 heterocycles. The van der Waals surface area contributed by atoms with Gasteiger partial charge in [-0.1, -0.05) is 27.2 Å². The highest BCUT2D eigenvalue weighted by Crippen LogP contribution is 2.40. The Balaban J connectivity index is 0.000000248. The molecule has 0 bridgehead atoms. The maximum Gasteiger partial charge on any atom is 0.200 e. The van der Waals surface area contributed by atoms with Crippen LogP contribution >= 0.6 is 0 Å². The first-order chi connectivity index (χ1) is 22.9. The number of likely N-dealkylation sites (tertiary alicyclic amines) is 1. The number of hydrogen-bond acceptors (Lipinski definition) is 9. The van der Waals surface area contributed by atoms with Crippen LogP contribution in [0.4, 0.5) is 0 Å². The Morgan fingerprint density at radius 3 is 1.81 bits per heavy atom. The van der Waals surface area contributed by atoms with E-state index in [1.165, 1.54) is 51.3 Å². The summed E-state index contributed by atoms with van der Waals surface area (Å²) in [6, 6.07) is 16.0. The predicted octanol–water partition coefficient (Wildman–Crippen LogP) is 7.53. The van der Waals surface area contributed by atoms with Crippen LogP contribution in [0.25, 0.3) is 22.5 Å². The summed E-state index contributed by atoms with van der Waals surface area (Å²) in [6.07, 6.45) is 8.32. The zero-order valence-corrected chi connectivity index (χ0v) is 29.4. The van der Waals surface area contributed by atoms with Crippen molar-refractivity contribution in [2.75, 3.05) is 48.6 Å². The molecular weight excluding hydrogens is 592 g/mol. The predicted molar refractivity (Wildman–Crippen MR) is 190 cm³/mol. The maximum absolute atomic E-state index is 9.92. The minimum atomic E-state index is -0.00914. The van der Waals surface area contributed by atoms with Crippen LogP contribution in [0.15, 0.2) is 60.9 Å². The molecule has 0 spiro atoms. The molecule has 254 valence electrons. The van der Waals surface area contributed by atoms with Crippen LogP contribution in [0.5, 0.6) is 28.7 Å². The van der Waals surface area contributed by atoms with Crippen LogP contribution in [-0.2, 0) is 19.5 Å². The Morgan fingerprint density at radius 1 is 0.745 bits per heavy atom. The molecule has 0 amide bonds. The molecule has 0 saturated carbocycles. The number of hydrogen-bond donors (Lipinski definition) is 2. The molecule has 0 unspecified atom stereocenters. The zero-order valence-electron chi connectivity index (χ0n) is 29.4. The summed E-state index contributed by atoms with van der Waals surface area (Å²) in [7, 11) is 8.29. The number of benzene rings is 2. The van der Waals surface area contributed by atoms with E-state index < -0.39 is 0 Å². The van der Waals surface area contributed by atoms with Gasteiger partial charge in [0.2, 0.25) is 5.75 Å². The van der Waals surface area contributed by atoms with Gasteiger partial charge in [0.05, 0.1) is 39.8 Å². The van der Waals surface area contributed by atoms with Gasteiger partial charge in [0, 0.05) is 36.6 Å². The number of aryl methyl sites for hydroxylation is 1. The summed E-state index contributed by atoms with van der Waals surface area (Å²) in [4.78, 5) is 11.5. The van der Waals surface area contributed by atoms with E-state index in [0.717, 1.165) is 65.5 Å². The molecular formula is C38H52N4O5. The van der Waals surface area contributed by atoms with E-state index in [1.807, 2.05) is 45.3 Å². The van der Waals surface area contributed by atoms with Crippen LogP contribution in [0.1, 0.15) is 56.7 Å². The van der Waals surface area contributed by atoms with E-state index in [4.69, 9.17) is 18.9 Å². The Kier molecular flexibility index (Phi) is 15.3. The van der Waals surface area contributed by atoms with Crippen LogP contribution in [0.2, 0.25) is 0 Å². The quantitative estimate of drug-likeness (QED) is 0.162. The van der Waals surface area contributed by atoms with Crippen LogP contribution < -0.4 is 24.3 Å². The summed E-state index contributed by atoms with van der Waals surface area (Å²) < 4.78 is 21.4. The molecule has 2 aromatic carbocycles. The molecule has 0 radical (unpaired) electrons. The van der Waals surface area contributed by atoms with Crippen LogP contribution in [0.3, 0.4) is 0 Å². The van der Waals surface area contributed by atoms with E-state index in [2.05, 4.69) is 45.3 Å². The van der Waals surface area contributed by atoms with Crippen molar-refractivity contribution in [1.29, 1.82) is 0 Å². The van der Waals surface area contributed by atoms with Crippen molar-refractivity contribution in [2.24, 2.45) is 0 Å². The van der Waals surface area contributed by atoms with Crippen LogP contribution in [-0.4, -0.2) is 68.6 Å². The van der Waals surface area contributed by atoms with Gasteiger partial charge in [-0.15, -0.1) is 0 Å². The first-order valence-electron chi connectivity index (χ1n) is 16.4. The Morgan fingerprint density at radius 2 is 1.28 bits per heavy atom. The average Bonchev–Trinajstić information content (AvgIpc) is 3.63. The lowest BCUT2D eigenvalue weighted by Crippen LogP contribution is -2.18. The molecule has 1 fully saturated rings. The van der Waals surface area contributed by atoms with E-state index in [9.17, 15) is 5.11 Å². The van der Waals surface area contributed by atoms with Crippen molar-refractivity contribution in [3.63, 3.8) is 0 Å². The van der Waals surface area contributed by atoms with Gasteiger partial charge in [0.15, 0.2) is 23.0 Å². The molecule has 2 N–H and O–H groups in total. The van der Waals surface area contributed by atoms with Gasteiger partial charge in [-0.25, -0.2) is 0 Å². The highest BCUT2D eigenvalue weighted by Gasteiger charge is 2.16. The molecule has 1 aliphatic rings. The molecule has 5 rings (SSSR count). The van der Waals surface area contributed by atoms with Gasteiger partial charge >= 0.3 is 0 Å².